The van der Waals surface area contributed by atoms with E-state index in [-0.39, 0.29) is 5.69 Å². The molecule has 0 bridgehead atoms. The van der Waals surface area contributed by atoms with Crippen LogP contribution < -0.4 is 15.3 Å². The molecule has 2 aromatic rings. The van der Waals surface area contributed by atoms with Crippen molar-refractivity contribution in [2.75, 3.05) is 12.0 Å². The lowest BCUT2D eigenvalue weighted by Gasteiger charge is -2.11. The van der Waals surface area contributed by atoms with Crippen LogP contribution in [0.4, 0.5) is 18.9 Å². The number of rotatable bonds is 6. The van der Waals surface area contributed by atoms with Crippen molar-refractivity contribution in [1.29, 1.82) is 0 Å². The number of ether oxygens (including phenoxy) is 1. The molecule has 0 aromatic heterocycles. The average molecular weight is 337 g/mol. The van der Waals surface area contributed by atoms with Crippen LogP contribution in [0.2, 0.25) is 0 Å². The Morgan fingerprint density at radius 2 is 1.83 bits per heavy atom. The molecule has 0 heterocycles. The maximum absolute atomic E-state index is 12.8. The van der Waals surface area contributed by atoms with Crippen molar-refractivity contribution in [3.05, 3.63) is 59.7 Å². The van der Waals surface area contributed by atoms with E-state index in [0.29, 0.717) is 11.3 Å². The molecular weight excluding hydrogens is 325 g/mol. The first-order chi connectivity index (χ1) is 11.4. The Morgan fingerprint density at radius 3 is 2.46 bits per heavy atom. The van der Waals surface area contributed by atoms with E-state index in [1.54, 1.807) is 12.1 Å². The molecule has 5 nitrogen and oxygen atoms in total. The second kappa shape index (κ2) is 7.49. The van der Waals surface area contributed by atoms with Crippen molar-refractivity contribution in [2.24, 2.45) is 5.10 Å². The van der Waals surface area contributed by atoms with E-state index in [1.807, 2.05) is 0 Å². The van der Waals surface area contributed by atoms with E-state index < -0.39 is 24.3 Å². The van der Waals surface area contributed by atoms with Crippen molar-refractivity contribution < 1.29 is 27.8 Å². The lowest BCUT2D eigenvalue weighted by molar-refractivity contribution is -0.307. The number of nitrogens with one attached hydrogen (secondary N) is 1. The number of carboxylic acid groups (broad SMARTS) is 1. The molecule has 2 rings (SSSR count). The Balaban J connectivity index is 2.01. The quantitative estimate of drug-likeness (QED) is 0.648. The topological polar surface area (TPSA) is 73.8 Å². The largest absolute Gasteiger partial charge is 0.546 e. The fourth-order valence-electron chi connectivity index (χ4n) is 1.80. The van der Waals surface area contributed by atoms with Crippen LogP contribution in [0.3, 0.4) is 0 Å². The molecule has 0 aliphatic rings. The standard InChI is InChI=1S/C16H13F3N2O3/c17-16(18,19)13-3-1-2-4-14(13)21-20-9-11-5-7-12(8-6-11)24-10-15(22)23/h1-9,21H,10H2,(H,22,23)/p-1/b20-9-. The number of hydrogen-bond donors (Lipinski definition) is 1. The number of benzene rings is 2. The molecule has 0 saturated heterocycles. The number of hydrogen-bond acceptors (Lipinski definition) is 5. The van der Waals surface area contributed by atoms with E-state index in [0.717, 1.165) is 6.07 Å². The van der Waals surface area contributed by atoms with Gasteiger partial charge < -0.3 is 14.6 Å². The van der Waals surface area contributed by atoms with Gasteiger partial charge in [-0.1, -0.05) is 12.1 Å². The summed E-state index contributed by atoms with van der Waals surface area (Å²) >= 11 is 0. The molecule has 0 aliphatic heterocycles. The van der Waals surface area contributed by atoms with Gasteiger partial charge in [-0.3, -0.25) is 5.43 Å². The number of hydrazone groups is 1. The smallest absolute Gasteiger partial charge is 0.418 e. The molecule has 1 N–H and O–H groups in total. The maximum Gasteiger partial charge on any atom is 0.418 e. The second-order valence-electron chi connectivity index (χ2n) is 4.64. The van der Waals surface area contributed by atoms with Crippen molar-refractivity contribution in [3.63, 3.8) is 0 Å². The van der Waals surface area contributed by atoms with Gasteiger partial charge in [0.1, 0.15) is 12.4 Å². The number of alkyl halides is 3. The maximum atomic E-state index is 12.8. The highest BCUT2D eigenvalue weighted by Crippen LogP contribution is 2.34. The highest BCUT2D eigenvalue weighted by atomic mass is 19.4. The zero-order valence-corrected chi connectivity index (χ0v) is 12.2. The van der Waals surface area contributed by atoms with Crippen LogP contribution in [0.25, 0.3) is 0 Å². The Labute approximate surface area is 135 Å². The van der Waals surface area contributed by atoms with Crippen LogP contribution in [0, 0.1) is 0 Å². The van der Waals surface area contributed by atoms with E-state index in [2.05, 4.69) is 10.5 Å². The molecule has 0 saturated carbocycles. The van der Waals surface area contributed by atoms with Crippen LogP contribution in [0.15, 0.2) is 53.6 Å². The minimum absolute atomic E-state index is 0.157. The first kappa shape index (κ1) is 17.3. The van der Waals surface area contributed by atoms with Crippen LogP contribution in [0.5, 0.6) is 5.75 Å². The van der Waals surface area contributed by atoms with E-state index in [4.69, 9.17) is 4.74 Å². The number of nitrogens with zero attached hydrogens (tertiary/aromatic N) is 1. The van der Waals surface area contributed by atoms with E-state index in [1.165, 1.54) is 36.5 Å². The van der Waals surface area contributed by atoms with Crippen LogP contribution in [-0.2, 0) is 11.0 Å². The van der Waals surface area contributed by atoms with Gasteiger partial charge >= 0.3 is 6.18 Å². The Bertz CT molecular complexity index is 728. The Kier molecular flexibility index (Phi) is 5.41. The Morgan fingerprint density at radius 1 is 1.17 bits per heavy atom. The summed E-state index contributed by atoms with van der Waals surface area (Å²) in [7, 11) is 0. The summed E-state index contributed by atoms with van der Waals surface area (Å²) < 4.78 is 43.4. The van der Waals surface area contributed by atoms with Gasteiger partial charge in [0.15, 0.2) is 0 Å². The minimum atomic E-state index is -4.48. The number of carbonyl (C=O) groups is 1. The third kappa shape index (κ3) is 5.01. The number of carboxylic acids is 1. The summed E-state index contributed by atoms with van der Waals surface area (Å²) in [6.07, 6.45) is -3.15. The van der Waals surface area contributed by atoms with E-state index in [9.17, 15) is 23.1 Å². The Hall–Kier alpha value is -3.03. The lowest BCUT2D eigenvalue weighted by Crippen LogP contribution is -2.28. The minimum Gasteiger partial charge on any atom is -0.546 e. The SMILES string of the molecule is O=C([O-])COc1ccc(/C=N\Nc2ccccc2C(F)(F)F)cc1. The zero-order valence-electron chi connectivity index (χ0n) is 12.2. The highest BCUT2D eigenvalue weighted by Gasteiger charge is 2.33. The average Bonchev–Trinajstić information content (AvgIpc) is 2.53. The fourth-order valence-corrected chi connectivity index (χ4v) is 1.80. The molecule has 0 atom stereocenters. The first-order valence-corrected chi connectivity index (χ1v) is 6.74. The predicted octanol–water partition coefficient (Wildman–Crippen LogP) is 2.28. The lowest BCUT2D eigenvalue weighted by atomic mass is 10.2. The van der Waals surface area contributed by atoms with Gasteiger partial charge in [-0.2, -0.15) is 18.3 Å². The first-order valence-electron chi connectivity index (χ1n) is 6.74. The summed E-state index contributed by atoms with van der Waals surface area (Å²) in [5.74, 6) is -1.01. The summed E-state index contributed by atoms with van der Waals surface area (Å²) in [5, 5.41) is 14.0. The molecule has 0 radical (unpaired) electrons. The summed E-state index contributed by atoms with van der Waals surface area (Å²) in [4.78, 5) is 10.3. The normalized spacial score (nSPS) is 11.5. The van der Waals surface area contributed by atoms with Gasteiger partial charge in [-0.05, 0) is 42.0 Å². The van der Waals surface area contributed by atoms with Gasteiger partial charge in [0.05, 0.1) is 23.4 Å². The third-order valence-corrected chi connectivity index (χ3v) is 2.87. The van der Waals surface area contributed by atoms with Crippen molar-refractivity contribution in [1.82, 2.24) is 0 Å². The molecule has 0 amide bonds. The summed E-state index contributed by atoms with van der Waals surface area (Å²) in [5.41, 5.74) is 1.98. The molecule has 0 unspecified atom stereocenters. The molecule has 0 fully saturated rings. The molecule has 24 heavy (non-hydrogen) atoms. The molecule has 126 valence electrons. The molecule has 8 heteroatoms. The predicted molar refractivity (Wildman–Crippen MR) is 79.6 cm³/mol. The molecule has 0 aliphatic carbocycles. The van der Waals surface area contributed by atoms with Gasteiger partial charge in [0.2, 0.25) is 0 Å². The van der Waals surface area contributed by atoms with Gasteiger partial charge in [0, 0.05) is 0 Å². The van der Waals surface area contributed by atoms with Crippen LogP contribution >= 0.6 is 0 Å². The summed E-state index contributed by atoms with van der Waals surface area (Å²) in [6.45, 7) is -0.566. The van der Waals surface area contributed by atoms with Gasteiger partial charge in [-0.15, -0.1) is 0 Å². The highest BCUT2D eigenvalue weighted by molar-refractivity contribution is 5.80. The van der Waals surface area contributed by atoms with Crippen LogP contribution in [-0.4, -0.2) is 18.8 Å². The van der Waals surface area contributed by atoms with E-state index >= 15 is 0 Å². The summed E-state index contributed by atoms with van der Waals surface area (Å²) in [6, 6.07) is 11.2. The number of anilines is 1. The van der Waals surface area contributed by atoms with Crippen LogP contribution in [0.1, 0.15) is 11.1 Å². The third-order valence-electron chi connectivity index (χ3n) is 2.87. The van der Waals surface area contributed by atoms with Crippen molar-refractivity contribution in [2.45, 2.75) is 6.18 Å². The fraction of sp³-hybridized carbons (Fsp3) is 0.125. The molecule has 2 aromatic carbocycles. The van der Waals surface area contributed by atoms with Gasteiger partial charge in [0.25, 0.3) is 0 Å². The second-order valence-corrected chi connectivity index (χ2v) is 4.64. The number of halogens is 3. The van der Waals surface area contributed by atoms with Crippen molar-refractivity contribution >= 4 is 17.9 Å². The molecular formula is C16H12F3N2O3-. The monoisotopic (exact) mass is 337 g/mol. The number of carbonyl (C=O) groups excluding carboxylic acids is 1. The van der Waals surface area contributed by atoms with Gasteiger partial charge in [-0.25, -0.2) is 0 Å². The van der Waals surface area contributed by atoms with Crippen molar-refractivity contribution in [3.8, 4) is 5.75 Å². The number of para-hydroxylation sites is 1. The molecule has 0 spiro atoms. The number of aliphatic carboxylic acids is 1. The zero-order chi connectivity index (χ0) is 17.6.